The van der Waals surface area contributed by atoms with Crippen molar-refractivity contribution in [3.05, 3.63) is 58.3 Å². The van der Waals surface area contributed by atoms with E-state index >= 15 is 0 Å². The van der Waals surface area contributed by atoms with Gasteiger partial charge in [0.05, 0.1) is 6.04 Å². The van der Waals surface area contributed by atoms with E-state index in [4.69, 9.17) is 5.73 Å². The van der Waals surface area contributed by atoms with E-state index in [9.17, 15) is 0 Å². The average Bonchev–Trinajstić information content (AvgIpc) is 2.39. The quantitative estimate of drug-likeness (QED) is 0.911. The second kappa shape index (κ2) is 5.98. The Morgan fingerprint density at radius 1 is 1.28 bits per heavy atom. The first-order valence-electron chi connectivity index (χ1n) is 5.83. The van der Waals surface area contributed by atoms with Gasteiger partial charge in [-0.15, -0.1) is 0 Å². The molecule has 0 saturated carbocycles. The van der Waals surface area contributed by atoms with Crippen molar-refractivity contribution < 1.29 is 0 Å². The van der Waals surface area contributed by atoms with Crippen LogP contribution in [0.2, 0.25) is 0 Å². The van der Waals surface area contributed by atoms with Crippen LogP contribution < -0.4 is 11.1 Å². The zero-order valence-corrected chi connectivity index (χ0v) is 11.8. The molecule has 2 aromatic rings. The molecule has 0 radical (unpaired) electrons. The van der Waals surface area contributed by atoms with Crippen molar-refractivity contribution >= 4 is 21.6 Å². The SMILES string of the molecule is Cc1ccncc1C(CN)Nc1ccc(Br)cc1. The Labute approximate surface area is 116 Å². The Hall–Kier alpha value is -1.39. The Balaban J connectivity index is 2.20. The van der Waals surface area contributed by atoms with E-state index in [1.54, 1.807) is 6.20 Å². The van der Waals surface area contributed by atoms with Gasteiger partial charge in [-0.1, -0.05) is 15.9 Å². The normalized spacial score (nSPS) is 12.2. The maximum atomic E-state index is 5.85. The first-order valence-corrected chi connectivity index (χ1v) is 6.62. The standard InChI is InChI=1S/C14H16BrN3/c1-10-6-7-17-9-13(10)14(8-16)18-12-4-2-11(15)3-5-12/h2-7,9,14,18H,8,16H2,1H3. The van der Waals surface area contributed by atoms with Crippen LogP contribution in [-0.4, -0.2) is 11.5 Å². The van der Waals surface area contributed by atoms with Crippen molar-refractivity contribution in [3.63, 3.8) is 0 Å². The Bertz CT molecular complexity index is 511. The van der Waals surface area contributed by atoms with Crippen molar-refractivity contribution in [2.75, 3.05) is 11.9 Å². The molecule has 0 amide bonds. The Morgan fingerprint density at radius 2 is 2.00 bits per heavy atom. The number of halogens is 1. The van der Waals surface area contributed by atoms with Gasteiger partial charge in [0.15, 0.2) is 0 Å². The van der Waals surface area contributed by atoms with Crippen LogP contribution in [0.15, 0.2) is 47.2 Å². The van der Waals surface area contributed by atoms with Gasteiger partial charge in [-0.25, -0.2) is 0 Å². The van der Waals surface area contributed by atoms with E-state index in [0.29, 0.717) is 6.54 Å². The van der Waals surface area contributed by atoms with Crippen molar-refractivity contribution in [2.45, 2.75) is 13.0 Å². The molecule has 2 rings (SSSR count). The molecule has 0 aliphatic rings. The van der Waals surface area contributed by atoms with Crippen LogP contribution in [0.4, 0.5) is 5.69 Å². The average molecular weight is 306 g/mol. The first kappa shape index (κ1) is 13.1. The second-order valence-electron chi connectivity index (χ2n) is 4.17. The molecular weight excluding hydrogens is 290 g/mol. The number of hydrogen-bond donors (Lipinski definition) is 2. The topological polar surface area (TPSA) is 50.9 Å². The molecule has 18 heavy (non-hydrogen) atoms. The summed E-state index contributed by atoms with van der Waals surface area (Å²) in [6.45, 7) is 2.60. The van der Waals surface area contributed by atoms with Crippen molar-refractivity contribution in [1.29, 1.82) is 0 Å². The predicted molar refractivity (Wildman–Crippen MR) is 78.5 cm³/mol. The number of hydrogen-bond acceptors (Lipinski definition) is 3. The summed E-state index contributed by atoms with van der Waals surface area (Å²) < 4.78 is 1.06. The number of aryl methyl sites for hydroxylation is 1. The number of rotatable bonds is 4. The molecule has 0 saturated heterocycles. The maximum Gasteiger partial charge on any atom is 0.0653 e. The molecule has 1 aromatic carbocycles. The molecule has 0 spiro atoms. The summed E-state index contributed by atoms with van der Waals surface area (Å²) in [7, 11) is 0. The number of aromatic nitrogens is 1. The summed E-state index contributed by atoms with van der Waals surface area (Å²) >= 11 is 3.42. The number of pyridine rings is 1. The minimum Gasteiger partial charge on any atom is -0.377 e. The molecule has 0 bridgehead atoms. The molecular formula is C14H16BrN3. The molecule has 3 nitrogen and oxygen atoms in total. The van der Waals surface area contributed by atoms with Crippen LogP contribution in [0.1, 0.15) is 17.2 Å². The van der Waals surface area contributed by atoms with E-state index in [1.807, 2.05) is 36.5 Å². The molecule has 0 aliphatic heterocycles. The van der Waals surface area contributed by atoms with Crippen LogP contribution >= 0.6 is 15.9 Å². The molecule has 94 valence electrons. The largest absolute Gasteiger partial charge is 0.377 e. The fourth-order valence-corrected chi connectivity index (χ4v) is 2.12. The van der Waals surface area contributed by atoms with Crippen LogP contribution in [0.5, 0.6) is 0 Å². The smallest absolute Gasteiger partial charge is 0.0653 e. The van der Waals surface area contributed by atoms with Gasteiger partial charge in [0.2, 0.25) is 0 Å². The summed E-state index contributed by atoms with van der Waals surface area (Å²) in [5, 5.41) is 3.43. The van der Waals surface area contributed by atoms with E-state index in [-0.39, 0.29) is 6.04 Å². The molecule has 3 N–H and O–H groups in total. The Morgan fingerprint density at radius 3 is 2.61 bits per heavy atom. The van der Waals surface area contributed by atoms with Crippen molar-refractivity contribution in [3.8, 4) is 0 Å². The van der Waals surface area contributed by atoms with Gasteiger partial charge in [-0.2, -0.15) is 0 Å². The van der Waals surface area contributed by atoms with Gasteiger partial charge in [0.1, 0.15) is 0 Å². The molecule has 1 atom stereocenters. The molecule has 1 heterocycles. The third-order valence-corrected chi connectivity index (χ3v) is 3.40. The molecule has 1 aromatic heterocycles. The third kappa shape index (κ3) is 3.09. The summed E-state index contributed by atoms with van der Waals surface area (Å²) in [6.07, 6.45) is 3.67. The number of nitrogens with one attached hydrogen (secondary N) is 1. The van der Waals surface area contributed by atoms with Gasteiger partial charge in [0.25, 0.3) is 0 Å². The highest BCUT2D eigenvalue weighted by Gasteiger charge is 2.11. The zero-order chi connectivity index (χ0) is 13.0. The van der Waals surface area contributed by atoms with Crippen LogP contribution in [0.25, 0.3) is 0 Å². The lowest BCUT2D eigenvalue weighted by Gasteiger charge is -2.20. The Kier molecular flexibility index (Phi) is 4.33. The zero-order valence-electron chi connectivity index (χ0n) is 10.2. The minimum absolute atomic E-state index is 0.0832. The fourth-order valence-electron chi connectivity index (χ4n) is 1.85. The fraction of sp³-hybridized carbons (Fsp3) is 0.214. The van der Waals surface area contributed by atoms with Gasteiger partial charge in [0, 0.05) is 29.1 Å². The van der Waals surface area contributed by atoms with Crippen molar-refractivity contribution in [2.24, 2.45) is 5.73 Å². The number of nitrogens with two attached hydrogens (primary N) is 1. The summed E-state index contributed by atoms with van der Waals surface area (Å²) in [5.74, 6) is 0. The van der Waals surface area contributed by atoms with Gasteiger partial charge in [-0.05, 0) is 48.4 Å². The molecule has 1 unspecified atom stereocenters. The number of nitrogens with zero attached hydrogens (tertiary/aromatic N) is 1. The highest BCUT2D eigenvalue weighted by Crippen LogP contribution is 2.22. The van der Waals surface area contributed by atoms with E-state index in [1.165, 1.54) is 5.56 Å². The lowest BCUT2D eigenvalue weighted by molar-refractivity contribution is 0.778. The van der Waals surface area contributed by atoms with Crippen LogP contribution in [0.3, 0.4) is 0 Å². The van der Waals surface area contributed by atoms with Gasteiger partial charge in [-0.3, -0.25) is 4.98 Å². The summed E-state index contributed by atoms with van der Waals surface area (Å²) in [4.78, 5) is 4.17. The maximum absolute atomic E-state index is 5.85. The lowest BCUT2D eigenvalue weighted by Crippen LogP contribution is -2.21. The molecule has 0 aliphatic carbocycles. The number of benzene rings is 1. The number of anilines is 1. The van der Waals surface area contributed by atoms with E-state index < -0.39 is 0 Å². The monoisotopic (exact) mass is 305 g/mol. The third-order valence-electron chi connectivity index (χ3n) is 2.88. The lowest BCUT2D eigenvalue weighted by atomic mass is 10.0. The highest BCUT2D eigenvalue weighted by molar-refractivity contribution is 9.10. The van der Waals surface area contributed by atoms with Crippen molar-refractivity contribution in [1.82, 2.24) is 4.98 Å². The van der Waals surface area contributed by atoms with E-state index in [2.05, 4.69) is 33.2 Å². The highest BCUT2D eigenvalue weighted by atomic mass is 79.9. The first-order chi connectivity index (χ1) is 8.70. The molecule has 0 fully saturated rings. The summed E-state index contributed by atoms with van der Waals surface area (Å²) in [6, 6.07) is 10.1. The minimum atomic E-state index is 0.0832. The molecule has 4 heteroatoms. The van der Waals surface area contributed by atoms with Crippen LogP contribution in [0, 0.1) is 6.92 Å². The van der Waals surface area contributed by atoms with Crippen LogP contribution in [-0.2, 0) is 0 Å². The summed E-state index contributed by atoms with van der Waals surface area (Å²) in [5.41, 5.74) is 9.25. The second-order valence-corrected chi connectivity index (χ2v) is 5.09. The van der Waals surface area contributed by atoms with Gasteiger partial charge >= 0.3 is 0 Å². The predicted octanol–water partition coefficient (Wildman–Crippen LogP) is 3.26. The van der Waals surface area contributed by atoms with Gasteiger partial charge < -0.3 is 11.1 Å². The van der Waals surface area contributed by atoms with E-state index in [0.717, 1.165) is 15.7 Å².